The second-order valence-electron chi connectivity index (χ2n) is 5.88. The number of hydrogen-bond donors (Lipinski definition) is 1. The third kappa shape index (κ3) is 2.08. The first-order chi connectivity index (χ1) is 11.2. The van der Waals surface area contributed by atoms with Gasteiger partial charge in [0.15, 0.2) is 0 Å². The van der Waals surface area contributed by atoms with Gasteiger partial charge in [-0.3, -0.25) is 4.98 Å². The molecular formula is C20H18N2O. The van der Waals surface area contributed by atoms with E-state index in [0.29, 0.717) is 0 Å². The first-order valence-electron chi connectivity index (χ1n) is 7.70. The first kappa shape index (κ1) is 13.8. The van der Waals surface area contributed by atoms with Crippen LogP contribution in [0.2, 0.25) is 0 Å². The maximum atomic E-state index is 5.64. The van der Waals surface area contributed by atoms with Crippen LogP contribution in [0.5, 0.6) is 5.75 Å². The fraction of sp³-hybridized carbons (Fsp3) is 0.150. The number of H-pyrrole nitrogens is 1. The molecule has 0 saturated carbocycles. The number of aromatic nitrogens is 2. The zero-order valence-electron chi connectivity index (χ0n) is 13.5. The van der Waals surface area contributed by atoms with E-state index in [1.807, 2.05) is 19.2 Å². The minimum Gasteiger partial charge on any atom is -0.496 e. The van der Waals surface area contributed by atoms with E-state index in [1.165, 1.54) is 16.3 Å². The minimum atomic E-state index is 0.875. The van der Waals surface area contributed by atoms with Crippen molar-refractivity contribution in [2.75, 3.05) is 7.11 Å². The topological polar surface area (TPSA) is 37.9 Å². The van der Waals surface area contributed by atoms with Crippen molar-refractivity contribution in [3.63, 3.8) is 0 Å². The molecule has 114 valence electrons. The third-order valence-electron chi connectivity index (χ3n) is 4.37. The van der Waals surface area contributed by atoms with Crippen LogP contribution in [0.1, 0.15) is 11.3 Å². The van der Waals surface area contributed by atoms with Gasteiger partial charge in [0.05, 0.1) is 23.8 Å². The molecule has 0 aliphatic carbocycles. The Hall–Kier alpha value is -2.81. The summed E-state index contributed by atoms with van der Waals surface area (Å²) in [4.78, 5) is 7.96. The van der Waals surface area contributed by atoms with Crippen molar-refractivity contribution in [2.45, 2.75) is 13.8 Å². The lowest BCUT2D eigenvalue weighted by Gasteiger charge is -2.11. The van der Waals surface area contributed by atoms with Gasteiger partial charge in [-0.2, -0.15) is 0 Å². The molecule has 3 heteroatoms. The zero-order valence-corrected chi connectivity index (χ0v) is 13.5. The van der Waals surface area contributed by atoms with Gasteiger partial charge in [0.2, 0.25) is 0 Å². The molecule has 2 heterocycles. The van der Waals surface area contributed by atoms with Gasteiger partial charge >= 0.3 is 0 Å². The molecule has 4 rings (SSSR count). The van der Waals surface area contributed by atoms with Gasteiger partial charge in [0, 0.05) is 22.5 Å². The summed E-state index contributed by atoms with van der Waals surface area (Å²) in [6, 6.07) is 14.7. The Bertz CT molecular complexity index is 1030. The first-order valence-corrected chi connectivity index (χ1v) is 7.70. The summed E-state index contributed by atoms with van der Waals surface area (Å²) >= 11 is 0. The highest BCUT2D eigenvalue weighted by Crippen LogP contribution is 2.39. The molecule has 2 aromatic heterocycles. The maximum absolute atomic E-state index is 5.64. The molecule has 3 nitrogen and oxygen atoms in total. The van der Waals surface area contributed by atoms with E-state index < -0.39 is 0 Å². The number of ether oxygens (including phenoxy) is 1. The molecule has 0 fully saturated rings. The van der Waals surface area contributed by atoms with Crippen molar-refractivity contribution < 1.29 is 4.74 Å². The van der Waals surface area contributed by atoms with E-state index in [9.17, 15) is 0 Å². The summed E-state index contributed by atoms with van der Waals surface area (Å²) < 4.78 is 5.64. The standard InChI is InChI=1S/C20H18N2O/c1-12-5-4-6-14(11-12)18-17(23-3)8-7-15-16-9-10-21-13(2)19(16)22-20(15)18/h4-11,22H,1-3H3. The average Bonchev–Trinajstić information content (AvgIpc) is 2.94. The third-order valence-corrected chi connectivity index (χ3v) is 4.37. The molecule has 0 amide bonds. The normalized spacial score (nSPS) is 11.3. The molecule has 1 N–H and O–H groups in total. The van der Waals surface area contributed by atoms with Crippen LogP contribution in [0.4, 0.5) is 0 Å². The highest BCUT2D eigenvalue weighted by molar-refractivity contribution is 6.13. The molecular weight excluding hydrogens is 284 g/mol. The summed E-state index contributed by atoms with van der Waals surface area (Å²) in [6.07, 6.45) is 1.86. The van der Waals surface area contributed by atoms with Gasteiger partial charge in [-0.15, -0.1) is 0 Å². The lowest BCUT2D eigenvalue weighted by Crippen LogP contribution is -1.90. The van der Waals surface area contributed by atoms with E-state index in [1.54, 1.807) is 7.11 Å². The highest BCUT2D eigenvalue weighted by Gasteiger charge is 2.15. The summed E-state index contributed by atoms with van der Waals surface area (Å²) in [6.45, 7) is 4.14. The Kier molecular flexibility index (Phi) is 3.08. The Labute approximate surface area is 134 Å². The van der Waals surface area contributed by atoms with Crippen molar-refractivity contribution in [1.29, 1.82) is 0 Å². The van der Waals surface area contributed by atoms with E-state index in [4.69, 9.17) is 4.74 Å². The lowest BCUT2D eigenvalue weighted by atomic mass is 9.99. The van der Waals surface area contributed by atoms with Crippen molar-refractivity contribution in [2.24, 2.45) is 0 Å². The predicted molar refractivity (Wildman–Crippen MR) is 95.1 cm³/mol. The van der Waals surface area contributed by atoms with Crippen molar-refractivity contribution >= 4 is 21.8 Å². The van der Waals surface area contributed by atoms with Crippen LogP contribution < -0.4 is 4.74 Å². The predicted octanol–water partition coefficient (Wildman–Crippen LogP) is 5.01. The minimum absolute atomic E-state index is 0.875. The van der Waals surface area contributed by atoms with Gasteiger partial charge in [0.1, 0.15) is 5.75 Å². The summed E-state index contributed by atoms with van der Waals surface area (Å²) in [5, 5.41) is 2.40. The van der Waals surface area contributed by atoms with E-state index in [-0.39, 0.29) is 0 Å². The number of benzene rings is 2. The van der Waals surface area contributed by atoms with Gasteiger partial charge in [-0.25, -0.2) is 0 Å². The second kappa shape index (κ2) is 5.13. The molecule has 0 aliphatic heterocycles. The molecule has 0 aliphatic rings. The van der Waals surface area contributed by atoms with E-state index >= 15 is 0 Å². The molecule has 0 saturated heterocycles. The number of methoxy groups -OCH3 is 1. The molecule has 0 atom stereocenters. The van der Waals surface area contributed by atoms with Gasteiger partial charge in [-0.1, -0.05) is 29.8 Å². The Balaban J connectivity index is 2.16. The number of hydrogen-bond acceptors (Lipinski definition) is 2. The fourth-order valence-electron chi connectivity index (χ4n) is 3.27. The highest BCUT2D eigenvalue weighted by atomic mass is 16.5. The van der Waals surface area contributed by atoms with Crippen LogP contribution in [0.25, 0.3) is 32.9 Å². The van der Waals surface area contributed by atoms with Crippen LogP contribution in [0.15, 0.2) is 48.7 Å². The molecule has 0 radical (unpaired) electrons. The van der Waals surface area contributed by atoms with Crippen molar-refractivity contribution in [3.8, 4) is 16.9 Å². The SMILES string of the molecule is COc1ccc2c([nH]c3c(C)nccc32)c1-c1cccc(C)c1. The second-order valence-corrected chi connectivity index (χ2v) is 5.88. The summed E-state index contributed by atoms with van der Waals surface area (Å²) in [7, 11) is 1.72. The quantitative estimate of drug-likeness (QED) is 0.565. The molecule has 0 spiro atoms. The largest absolute Gasteiger partial charge is 0.496 e. The van der Waals surface area contributed by atoms with Gasteiger partial charge in [-0.05, 0) is 37.6 Å². The Morgan fingerprint density at radius 1 is 0.957 bits per heavy atom. The number of fused-ring (bicyclic) bond motifs is 3. The van der Waals surface area contributed by atoms with Crippen LogP contribution in [-0.2, 0) is 0 Å². The van der Waals surface area contributed by atoms with Crippen LogP contribution in [0, 0.1) is 13.8 Å². The van der Waals surface area contributed by atoms with Crippen LogP contribution >= 0.6 is 0 Å². The molecule has 0 unspecified atom stereocenters. The number of nitrogens with one attached hydrogen (secondary N) is 1. The monoisotopic (exact) mass is 302 g/mol. The number of pyridine rings is 1. The lowest BCUT2D eigenvalue weighted by molar-refractivity contribution is 0.417. The number of aromatic amines is 1. The van der Waals surface area contributed by atoms with Crippen molar-refractivity contribution in [3.05, 3.63) is 59.9 Å². The number of rotatable bonds is 2. The zero-order chi connectivity index (χ0) is 16.0. The van der Waals surface area contributed by atoms with Crippen molar-refractivity contribution in [1.82, 2.24) is 9.97 Å². The average molecular weight is 302 g/mol. The maximum Gasteiger partial charge on any atom is 0.128 e. The Morgan fingerprint density at radius 3 is 2.57 bits per heavy atom. The molecule has 0 bridgehead atoms. The van der Waals surface area contributed by atoms with E-state index in [2.05, 4.69) is 53.3 Å². The smallest absolute Gasteiger partial charge is 0.128 e. The summed E-state index contributed by atoms with van der Waals surface area (Å²) in [5.41, 5.74) is 6.68. The van der Waals surface area contributed by atoms with Gasteiger partial charge in [0.25, 0.3) is 0 Å². The number of aryl methyl sites for hydroxylation is 2. The molecule has 2 aromatic carbocycles. The summed E-state index contributed by atoms with van der Waals surface area (Å²) in [5.74, 6) is 0.875. The number of nitrogens with zero attached hydrogens (tertiary/aromatic N) is 1. The van der Waals surface area contributed by atoms with Crippen LogP contribution in [-0.4, -0.2) is 17.1 Å². The Morgan fingerprint density at radius 2 is 1.78 bits per heavy atom. The van der Waals surface area contributed by atoms with E-state index in [0.717, 1.165) is 33.6 Å². The molecule has 4 aromatic rings. The van der Waals surface area contributed by atoms with Crippen LogP contribution in [0.3, 0.4) is 0 Å². The van der Waals surface area contributed by atoms with Gasteiger partial charge < -0.3 is 9.72 Å². The molecule has 23 heavy (non-hydrogen) atoms. The fourth-order valence-corrected chi connectivity index (χ4v) is 3.27.